The summed E-state index contributed by atoms with van der Waals surface area (Å²) in [6.07, 6.45) is 4.35. The first kappa shape index (κ1) is 17.1. The highest BCUT2D eigenvalue weighted by atomic mass is 35.5. The van der Waals surface area contributed by atoms with Crippen LogP contribution in [-0.2, 0) is 11.3 Å². The van der Waals surface area contributed by atoms with Gasteiger partial charge in [-0.2, -0.15) is 0 Å². The van der Waals surface area contributed by atoms with E-state index >= 15 is 0 Å². The summed E-state index contributed by atoms with van der Waals surface area (Å²) in [6, 6.07) is 15.4. The zero-order chi connectivity index (χ0) is 16.5. The largest absolute Gasteiger partial charge is 0.445 e. The molecule has 0 aliphatic rings. The van der Waals surface area contributed by atoms with E-state index in [1.807, 2.05) is 67.6 Å². The molecule has 3 nitrogen and oxygen atoms in total. The van der Waals surface area contributed by atoms with E-state index in [0.29, 0.717) is 6.54 Å². The lowest BCUT2D eigenvalue weighted by atomic mass is 10.1. The van der Waals surface area contributed by atoms with E-state index in [1.165, 1.54) is 0 Å². The normalized spacial score (nSPS) is 10.7. The summed E-state index contributed by atoms with van der Waals surface area (Å²) < 4.78 is 5.14. The zero-order valence-corrected chi connectivity index (χ0v) is 13.8. The van der Waals surface area contributed by atoms with Gasteiger partial charge in [-0.25, -0.2) is 4.79 Å². The number of alkyl carbamates (subject to hydrolysis) is 1. The number of ether oxygens (including phenoxy) is 1. The minimum Gasteiger partial charge on any atom is -0.445 e. The third-order valence-corrected chi connectivity index (χ3v) is 3.81. The van der Waals surface area contributed by atoms with Gasteiger partial charge in [-0.15, -0.1) is 0 Å². The van der Waals surface area contributed by atoms with Crippen molar-refractivity contribution in [3.8, 4) is 0 Å². The molecule has 0 aliphatic carbocycles. The minimum atomic E-state index is -0.402. The third kappa shape index (κ3) is 5.80. The molecule has 4 heteroatoms. The number of amides is 1. The molecule has 0 heterocycles. The summed E-state index contributed by atoms with van der Waals surface area (Å²) in [7, 11) is 0. The summed E-state index contributed by atoms with van der Waals surface area (Å²) in [4.78, 5) is 11.6. The summed E-state index contributed by atoms with van der Waals surface area (Å²) in [5, 5.41) is 3.49. The van der Waals surface area contributed by atoms with Gasteiger partial charge in [0.1, 0.15) is 6.61 Å². The molecule has 1 amide bonds. The molecule has 0 bridgehead atoms. The SMILES string of the molecule is Cc1c(Cl)cccc1C=CCCNC(=O)OCc1ccccc1. The third-order valence-electron chi connectivity index (χ3n) is 3.40. The highest BCUT2D eigenvalue weighted by molar-refractivity contribution is 6.31. The van der Waals surface area contributed by atoms with E-state index in [1.54, 1.807) is 0 Å². The Morgan fingerprint density at radius 2 is 1.96 bits per heavy atom. The number of halogens is 1. The van der Waals surface area contributed by atoms with Crippen molar-refractivity contribution < 1.29 is 9.53 Å². The number of carbonyl (C=O) groups is 1. The number of carbonyl (C=O) groups excluding carboxylic acids is 1. The van der Waals surface area contributed by atoms with Crippen LogP contribution in [0.25, 0.3) is 6.08 Å². The molecule has 0 aromatic heterocycles. The predicted octanol–water partition coefficient (Wildman–Crippen LogP) is 4.98. The average molecular weight is 330 g/mol. The van der Waals surface area contributed by atoms with E-state index in [9.17, 15) is 4.79 Å². The molecule has 0 atom stereocenters. The van der Waals surface area contributed by atoms with Crippen LogP contribution in [0.4, 0.5) is 4.79 Å². The van der Waals surface area contributed by atoms with Crippen molar-refractivity contribution in [2.24, 2.45) is 0 Å². The van der Waals surface area contributed by atoms with Crippen LogP contribution in [0.15, 0.2) is 54.6 Å². The summed E-state index contributed by atoms with van der Waals surface area (Å²) in [6.45, 7) is 2.80. The lowest BCUT2D eigenvalue weighted by molar-refractivity contribution is 0.140. The lowest BCUT2D eigenvalue weighted by Gasteiger charge is -2.06. The number of hydrogen-bond acceptors (Lipinski definition) is 2. The van der Waals surface area contributed by atoms with Crippen LogP contribution < -0.4 is 5.32 Å². The van der Waals surface area contributed by atoms with Gasteiger partial charge in [0.25, 0.3) is 0 Å². The van der Waals surface area contributed by atoms with Crippen LogP contribution >= 0.6 is 11.6 Å². The smallest absolute Gasteiger partial charge is 0.407 e. The standard InChI is InChI=1S/C19H20ClNO2/c1-15-17(11-7-12-18(15)20)10-5-6-13-21-19(22)23-14-16-8-3-2-4-9-16/h2-5,7-12H,6,13-14H2,1H3,(H,21,22). The topological polar surface area (TPSA) is 38.3 Å². The van der Waals surface area contributed by atoms with Crippen molar-refractivity contribution >= 4 is 23.8 Å². The fourth-order valence-electron chi connectivity index (χ4n) is 2.05. The van der Waals surface area contributed by atoms with Crippen LogP contribution in [0.3, 0.4) is 0 Å². The molecule has 23 heavy (non-hydrogen) atoms. The Bertz CT molecular complexity index is 668. The van der Waals surface area contributed by atoms with Gasteiger partial charge in [0.05, 0.1) is 0 Å². The molecule has 120 valence electrons. The Kier molecular flexibility index (Phi) is 6.70. The molecule has 0 spiro atoms. The van der Waals surface area contributed by atoms with Crippen LogP contribution in [0.5, 0.6) is 0 Å². The molecule has 0 saturated heterocycles. The van der Waals surface area contributed by atoms with Crippen LogP contribution in [0.2, 0.25) is 5.02 Å². The fourth-order valence-corrected chi connectivity index (χ4v) is 2.23. The molecule has 2 aromatic carbocycles. The van der Waals surface area contributed by atoms with Crippen LogP contribution in [0.1, 0.15) is 23.1 Å². The second kappa shape index (κ2) is 9.01. The Labute approximate surface area is 141 Å². The molecule has 0 unspecified atom stereocenters. The van der Waals surface area contributed by atoms with Gasteiger partial charge < -0.3 is 10.1 Å². The molecule has 2 rings (SSSR count). The number of nitrogens with one attached hydrogen (secondary N) is 1. The summed E-state index contributed by atoms with van der Waals surface area (Å²) in [5.41, 5.74) is 3.11. The molecular formula is C19H20ClNO2. The summed E-state index contributed by atoms with van der Waals surface area (Å²) in [5.74, 6) is 0. The van der Waals surface area contributed by atoms with Gasteiger partial charge in [0.15, 0.2) is 0 Å². The molecular weight excluding hydrogens is 310 g/mol. The first-order chi connectivity index (χ1) is 11.2. The first-order valence-corrected chi connectivity index (χ1v) is 7.91. The van der Waals surface area contributed by atoms with Crippen LogP contribution in [-0.4, -0.2) is 12.6 Å². The first-order valence-electron chi connectivity index (χ1n) is 7.53. The Morgan fingerprint density at radius 3 is 2.74 bits per heavy atom. The minimum absolute atomic E-state index is 0.282. The van der Waals surface area contributed by atoms with E-state index in [-0.39, 0.29) is 6.61 Å². The van der Waals surface area contributed by atoms with Gasteiger partial charge in [-0.1, -0.05) is 66.2 Å². The zero-order valence-electron chi connectivity index (χ0n) is 13.1. The van der Waals surface area contributed by atoms with E-state index in [2.05, 4.69) is 5.32 Å². The van der Waals surface area contributed by atoms with Gasteiger partial charge in [0.2, 0.25) is 0 Å². The van der Waals surface area contributed by atoms with E-state index < -0.39 is 6.09 Å². The van der Waals surface area contributed by atoms with Gasteiger partial charge in [-0.3, -0.25) is 0 Å². The van der Waals surface area contributed by atoms with Gasteiger partial charge in [-0.05, 0) is 36.1 Å². The number of benzene rings is 2. The van der Waals surface area contributed by atoms with Crippen molar-refractivity contribution in [1.29, 1.82) is 0 Å². The second-order valence-corrected chi connectivity index (χ2v) is 5.54. The molecule has 0 radical (unpaired) electrons. The fraction of sp³-hybridized carbons (Fsp3) is 0.211. The predicted molar refractivity (Wildman–Crippen MR) is 94.5 cm³/mol. The van der Waals surface area contributed by atoms with E-state index in [4.69, 9.17) is 16.3 Å². The van der Waals surface area contributed by atoms with Crippen molar-refractivity contribution in [2.75, 3.05) is 6.54 Å². The Morgan fingerprint density at radius 1 is 1.17 bits per heavy atom. The van der Waals surface area contributed by atoms with Crippen molar-refractivity contribution in [2.45, 2.75) is 20.0 Å². The van der Waals surface area contributed by atoms with Gasteiger partial charge >= 0.3 is 6.09 Å². The average Bonchev–Trinajstić information content (AvgIpc) is 2.57. The number of hydrogen-bond donors (Lipinski definition) is 1. The highest BCUT2D eigenvalue weighted by Crippen LogP contribution is 2.19. The highest BCUT2D eigenvalue weighted by Gasteiger charge is 2.01. The lowest BCUT2D eigenvalue weighted by Crippen LogP contribution is -2.24. The maximum Gasteiger partial charge on any atom is 0.407 e. The molecule has 1 N–H and O–H groups in total. The molecule has 0 aliphatic heterocycles. The summed E-state index contributed by atoms with van der Waals surface area (Å²) >= 11 is 6.07. The Balaban J connectivity index is 1.67. The molecule has 0 saturated carbocycles. The van der Waals surface area contributed by atoms with Crippen molar-refractivity contribution in [3.63, 3.8) is 0 Å². The van der Waals surface area contributed by atoms with Crippen LogP contribution in [0, 0.1) is 6.92 Å². The van der Waals surface area contributed by atoms with E-state index in [0.717, 1.165) is 28.1 Å². The Hall–Kier alpha value is -2.26. The van der Waals surface area contributed by atoms with Gasteiger partial charge in [0, 0.05) is 11.6 Å². The monoisotopic (exact) mass is 329 g/mol. The second-order valence-electron chi connectivity index (χ2n) is 5.13. The maximum atomic E-state index is 11.6. The molecule has 2 aromatic rings. The quantitative estimate of drug-likeness (QED) is 0.759. The number of rotatable bonds is 6. The van der Waals surface area contributed by atoms with Crippen molar-refractivity contribution in [1.82, 2.24) is 5.32 Å². The van der Waals surface area contributed by atoms with Crippen molar-refractivity contribution in [3.05, 3.63) is 76.3 Å². The molecule has 0 fully saturated rings. The maximum absolute atomic E-state index is 11.6.